The Morgan fingerprint density at radius 3 is 2.71 bits per heavy atom. The van der Waals surface area contributed by atoms with Crippen LogP contribution in [0.15, 0.2) is 12.1 Å². The molecule has 3 heteroatoms. The zero-order chi connectivity index (χ0) is 19.3. The van der Waals surface area contributed by atoms with Crippen LogP contribution in [0.1, 0.15) is 75.3 Å². The second-order valence-electron chi connectivity index (χ2n) is 10.3. The summed E-state index contributed by atoms with van der Waals surface area (Å²) in [5.74, 6) is 3.60. The largest absolute Gasteiger partial charge is 0.504 e. The van der Waals surface area contributed by atoms with E-state index in [1.807, 2.05) is 6.07 Å². The summed E-state index contributed by atoms with van der Waals surface area (Å²) in [6.07, 6.45) is 15.0. The van der Waals surface area contributed by atoms with E-state index in [0.29, 0.717) is 23.5 Å². The van der Waals surface area contributed by atoms with E-state index in [4.69, 9.17) is 4.74 Å². The maximum absolute atomic E-state index is 11.2. The van der Waals surface area contributed by atoms with Crippen LogP contribution < -0.4 is 4.74 Å². The number of ether oxygens (including phenoxy) is 1. The summed E-state index contributed by atoms with van der Waals surface area (Å²) in [5.41, 5.74) is 2.82. The highest BCUT2D eigenvalue weighted by Crippen LogP contribution is 2.60. The first-order valence-electron chi connectivity index (χ1n) is 11.7. The van der Waals surface area contributed by atoms with Crippen LogP contribution in [0.5, 0.6) is 11.5 Å². The average molecular weight is 384 g/mol. The second kappa shape index (κ2) is 7.23. The number of likely N-dealkylation sites (N-methyl/N-ethyl adjacent to an activating group) is 1. The van der Waals surface area contributed by atoms with E-state index in [1.54, 1.807) is 7.11 Å². The highest BCUT2D eigenvalue weighted by atomic mass is 16.5. The molecule has 1 aliphatic heterocycles. The lowest BCUT2D eigenvalue weighted by atomic mass is 9.50. The van der Waals surface area contributed by atoms with Gasteiger partial charge in [-0.1, -0.05) is 44.6 Å². The SMILES string of the molecule is COc1ccc2c(c1O)[C@@]13CCN(C)[C@@H](C2)[C@@H]1CCC(CC1CCCCC1)C3. The van der Waals surface area contributed by atoms with Crippen molar-refractivity contribution >= 4 is 0 Å². The molecule has 3 nitrogen and oxygen atoms in total. The lowest BCUT2D eigenvalue weighted by molar-refractivity contribution is -0.0191. The summed E-state index contributed by atoms with van der Waals surface area (Å²) in [6, 6.07) is 4.86. The molecular weight excluding hydrogens is 346 g/mol. The van der Waals surface area contributed by atoms with Gasteiger partial charge in [-0.15, -0.1) is 0 Å². The molecule has 1 unspecified atom stereocenters. The number of hydrogen-bond acceptors (Lipinski definition) is 3. The van der Waals surface area contributed by atoms with E-state index < -0.39 is 0 Å². The van der Waals surface area contributed by atoms with Crippen molar-refractivity contribution in [2.75, 3.05) is 20.7 Å². The van der Waals surface area contributed by atoms with Gasteiger partial charge in [0.1, 0.15) is 0 Å². The number of hydrogen-bond donors (Lipinski definition) is 1. The Hall–Kier alpha value is -1.22. The van der Waals surface area contributed by atoms with Gasteiger partial charge in [0.15, 0.2) is 11.5 Å². The number of phenolic OH excluding ortho intramolecular Hbond substituents is 1. The number of rotatable bonds is 3. The molecule has 5 rings (SSSR count). The van der Waals surface area contributed by atoms with Crippen LogP contribution >= 0.6 is 0 Å². The Labute approximate surface area is 170 Å². The Morgan fingerprint density at radius 2 is 1.93 bits per heavy atom. The summed E-state index contributed by atoms with van der Waals surface area (Å²) in [7, 11) is 4.00. The van der Waals surface area contributed by atoms with Gasteiger partial charge in [-0.3, -0.25) is 0 Å². The first-order chi connectivity index (χ1) is 13.6. The smallest absolute Gasteiger partial charge is 0.161 e. The van der Waals surface area contributed by atoms with Gasteiger partial charge in [-0.05, 0) is 75.1 Å². The van der Waals surface area contributed by atoms with Crippen LogP contribution in [-0.2, 0) is 11.8 Å². The van der Waals surface area contributed by atoms with Gasteiger partial charge in [-0.2, -0.15) is 0 Å². The van der Waals surface area contributed by atoms with Crippen LogP contribution in [0.2, 0.25) is 0 Å². The molecule has 2 saturated carbocycles. The number of phenols is 1. The molecular formula is C25H37NO2. The van der Waals surface area contributed by atoms with E-state index >= 15 is 0 Å². The molecule has 4 atom stereocenters. The minimum absolute atomic E-state index is 0.168. The van der Waals surface area contributed by atoms with Crippen LogP contribution in [0.4, 0.5) is 0 Å². The summed E-state index contributed by atoms with van der Waals surface area (Å²) in [6.45, 7) is 1.16. The lowest BCUT2D eigenvalue weighted by Crippen LogP contribution is -2.60. The Bertz CT molecular complexity index is 726. The van der Waals surface area contributed by atoms with Crippen molar-refractivity contribution in [2.24, 2.45) is 17.8 Å². The first kappa shape index (κ1) is 18.8. The number of likely N-dealkylation sites (tertiary alicyclic amines) is 1. The van der Waals surface area contributed by atoms with Gasteiger partial charge >= 0.3 is 0 Å². The van der Waals surface area contributed by atoms with Crippen molar-refractivity contribution in [3.8, 4) is 11.5 Å². The lowest BCUT2D eigenvalue weighted by Gasteiger charge is -2.60. The molecule has 3 aliphatic carbocycles. The highest BCUT2D eigenvalue weighted by molar-refractivity contribution is 5.56. The van der Waals surface area contributed by atoms with E-state index in [0.717, 1.165) is 24.8 Å². The van der Waals surface area contributed by atoms with Gasteiger partial charge in [0.05, 0.1) is 7.11 Å². The Morgan fingerprint density at radius 1 is 1.11 bits per heavy atom. The van der Waals surface area contributed by atoms with Gasteiger partial charge in [0, 0.05) is 17.0 Å². The monoisotopic (exact) mass is 383 g/mol. The number of nitrogens with zero attached hydrogens (tertiary/aromatic N) is 1. The quantitative estimate of drug-likeness (QED) is 0.770. The topological polar surface area (TPSA) is 32.7 Å². The van der Waals surface area contributed by atoms with Crippen molar-refractivity contribution in [3.05, 3.63) is 23.3 Å². The third-order valence-electron chi connectivity index (χ3n) is 8.96. The number of piperidine rings is 1. The zero-order valence-corrected chi connectivity index (χ0v) is 17.8. The molecule has 0 spiro atoms. The van der Waals surface area contributed by atoms with E-state index in [9.17, 15) is 5.11 Å². The maximum Gasteiger partial charge on any atom is 0.161 e. The molecule has 2 bridgehead atoms. The van der Waals surface area contributed by atoms with Crippen LogP contribution in [0.3, 0.4) is 0 Å². The summed E-state index contributed by atoms with van der Waals surface area (Å²) < 4.78 is 5.53. The fraction of sp³-hybridized carbons (Fsp3) is 0.760. The molecule has 154 valence electrons. The predicted octanol–water partition coefficient (Wildman–Crippen LogP) is 5.29. The van der Waals surface area contributed by atoms with Gasteiger partial charge in [0.2, 0.25) is 0 Å². The molecule has 0 radical (unpaired) electrons. The summed E-state index contributed by atoms with van der Waals surface area (Å²) in [5, 5.41) is 11.2. The first-order valence-corrected chi connectivity index (χ1v) is 11.7. The van der Waals surface area contributed by atoms with Crippen molar-refractivity contribution < 1.29 is 9.84 Å². The summed E-state index contributed by atoms with van der Waals surface area (Å²) >= 11 is 0. The standard InChI is InChI=1S/C25H37NO2/c1-26-13-12-25-16-18(14-17-6-4-3-5-7-17)8-10-20(25)21(26)15-19-9-11-22(28-2)24(27)23(19)25/h9,11,17-18,20-21,27H,3-8,10,12-16H2,1-2H3/t18?,20-,21-,25+/m0/s1. The molecule has 0 amide bonds. The van der Waals surface area contributed by atoms with Crippen LogP contribution in [0.25, 0.3) is 0 Å². The minimum Gasteiger partial charge on any atom is -0.504 e. The molecule has 1 aromatic carbocycles. The minimum atomic E-state index is 0.168. The van der Waals surface area contributed by atoms with E-state index in [-0.39, 0.29) is 5.41 Å². The molecule has 1 aromatic rings. The third-order valence-corrected chi connectivity index (χ3v) is 8.96. The normalized spacial score (nSPS) is 35.9. The van der Waals surface area contributed by atoms with Crippen molar-refractivity contribution in [3.63, 3.8) is 0 Å². The van der Waals surface area contributed by atoms with Gasteiger partial charge in [-0.25, -0.2) is 0 Å². The Kier molecular flexibility index (Phi) is 4.85. The van der Waals surface area contributed by atoms with Crippen LogP contribution in [-0.4, -0.2) is 36.8 Å². The molecule has 28 heavy (non-hydrogen) atoms. The van der Waals surface area contributed by atoms with Gasteiger partial charge < -0.3 is 14.7 Å². The fourth-order valence-corrected chi connectivity index (χ4v) is 7.69. The Balaban J connectivity index is 1.51. The molecule has 1 N–H and O–H groups in total. The van der Waals surface area contributed by atoms with Gasteiger partial charge in [0.25, 0.3) is 0 Å². The zero-order valence-electron chi connectivity index (χ0n) is 17.8. The number of benzene rings is 1. The maximum atomic E-state index is 11.2. The molecule has 4 aliphatic rings. The van der Waals surface area contributed by atoms with E-state index in [1.165, 1.54) is 75.3 Å². The molecule has 1 saturated heterocycles. The van der Waals surface area contributed by atoms with E-state index in [2.05, 4.69) is 18.0 Å². The number of aromatic hydroxyl groups is 1. The van der Waals surface area contributed by atoms with Crippen LogP contribution in [0, 0.1) is 17.8 Å². The second-order valence-corrected chi connectivity index (χ2v) is 10.3. The third kappa shape index (κ3) is 2.88. The molecule has 1 heterocycles. The predicted molar refractivity (Wildman–Crippen MR) is 113 cm³/mol. The molecule has 0 aromatic heterocycles. The number of fused-ring (bicyclic) bond motifs is 1. The summed E-state index contributed by atoms with van der Waals surface area (Å²) in [4.78, 5) is 2.61. The van der Waals surface area contributed by atoms with Crippen molar-refractivity contribution in [1.29, 1.82) is 0 Å². The van der Waals surface area contributed by atoms with Crippen molar-refractivity contribution in [1.82, 2.24) is 4.90 Å². The number of methoxy groups -OCH3 is 1. The average Bonchev–Trinajstić information content (AvgIpc) is 2.71. The fourth-order valence-electron chi connectivity index (χ4n) is 7.69. The molecule has 3 fully saturated rings. The van der Waals surface area contributed by atoms with Crippen molar-refractivity contribution in [2.45, 2.75) is 82.1 Å². The highest BCUT2D eigenvalue weighted by Gasteiger charge is 2.56.